The molecule has 0 amide bonds. The first-order valence-electron chi connectivity index (χ1n) is 4.80. The van der Waals surface area contributed by atoms with Crippen LogP contribution in [0.1, 0.15) is 19.9 Å². The first-order chi connectivity index (χ1) is 7.43. The lowest BCUT2D eigenvalue weighted by atomic mass is 10.4. The number of halogens is 1. The molecule has 0 saturated carbocycles. The highest BCUT2D eigenvalue weighted by Crippen LogP contribution is 2.16. The second-order valence-electron chi connectivity index (χ2n) is 3.84. The van der Waals surface area contributed by atoms with E-state index in [9.17, 15) is 9.59 Å². The van der Waals surface area contributed by atoms with E-state index in [2.05, 4.69) is 25.9 Å². The topological polar surface area (TPSA) is 72.7 Å². The van der Waals surface area contributed by atoms with Crippen LogP contribution in [0.5, 0.6) is 0 Å². The molecule has 0 saturated heterocycles. The van der Waals surface area contributed by atoms with Gasteiger partial charge in [-0.2, -0.15) is 0 Å². The van der Waals surface area contributed by atoms with Crippen LogP contribution in [0.4, 0.5) is 0 Å². The Morgan fingerprint density at radius 2 is 2.00 bits per heavy atom. The first kappa shape index (κ1) is 11.1. The third-order valence-electron chi connectivity index (χ3n) is 2.42. The lowest BCUT2D eigenvalue weighted by Crippen LogP contribution is -2.31. The summed E-state index contributed by atoms with van der Waals surface area (Å²) < 4.78 is 3.58. The number of nitrogens with zero attached hydrogens (tertiary/aromatic N) is 3. The van der Waals surface area contributed by atoms with Gasteiger partial charge in [-0.15, -0.1) is 0 Å². The molecule has 2 aromatic heterocycles. The molecule has 0 aliphatic carbocycles. The normalized spacial score (nSPS) is 11.6. The summed E-state index contributed by atoms with van der Waals surface area (Å²) in [5.41, 5.74) is -0.0611. The molecule has 0 atom stereocenters. The van der Waals surface area contributed by atoms with Crippen molar-refractivity contribution in [1.82, 2.24) is 19.1 Å². The van der Waals surface area contributed by atoms with Crippen molar-refractivity contribution in [2.45, 2.75) is 19.9 Å². The number of hydrogen-bond donors (Lipinski definition) is 1. The Morgan fingerprint density at radius 3 is 2.56 bits per heavy atom. The minimum absolute atomic E-state index is 0.0614. The molecule has 0 aromatic carbocycles. The molecule has 0 bridgehead atoms. The van der Waals surface area contributed by atoms with Crippen molar-refractivity contribution in [3.63, 3.8) is 0 Å². The van der Waals surface area contributed by atoms with Crippen LogP contribution in [0.2, 0.25) is 0 Å². The fourth-order valence-corrected chi connectivity index (χ4v) is 2.02. The van der Waals surface area contributed by atoms with Gasteiger partial charge in [0.15, 0.2) is 15.9 Å². The number of aromatic nitrogens is 4. The fourth-order valence-electron chi connectivity index (χ4n) is 1.67. The molecule has 2 heterocycles. The van der Waals surface area contributed by atoms with E-state index in [1.54, 1.807) is 11.6 Å². The number of fused-ring (bicyclic) bond motifs is 1. The van der Waals surface area contributed by atoms with E-state index in [1.165, 1.54) is 4.57 Å². The highest BCUT2D eigenvalue weighted by Gasteiger charge is 2.16. The van der Waals surface area contributed by atoms with Gasteiger partial charge in [0, 0.05) is 13.1 Å². The van der Waals surface area contributed by atoms with Crippen LogP contribution in [-0.2, 0) is 7.05 Å². The number of aromatic amines is 1. The number of H-pyrrole nitrogens is 1. The maximum atomic E-state index is 11.7. The van der Waals surface area contributed by atoms with Crippen LogP contribution in [0.25, 0.3) is 11.2 Å². The van der Waals surface area contributed by atoms with Gasteiger partial charge in [0.1, 0.15) is 0 Å². The van der Waals surface area contributed by atoms with Crippen molar-refractivity contribution in [1.29, 1.82) is 0 Å². The van der Waals surface area contributed by atoms with E-state index < -0.39 is 11.2 Å². The Morgan fingerprint density at radius 1 is 1.38 bits per heavy atom. The molecule has 6 nitrogen and oxygen atoms in total. The zero-order valence-electron chi connectivity index (χ0n) is 9.11. The van der Waals surface area contributed by atoms with E-state index in [0.29, 0.717) is 15.9 Å². The van der Waals surface area contributed by atoms with Gasteiger partial charge in [-0.1, -0.05) is 0 Å². The van der Waals surface area contributed by atoms with Crippen LogP contribution in [-0.4, -0.2) is 19.1 Å². The Hall–Kier alpha value is -1.37. The Labute approximate surface area is 99.1 Å². The van der Waals surface area contributed by atoms with Crippen molar-refractivity contribution in [3.05, 3.63) is 25.6 Å². The molecular weight excluding hydrogens is 276 g/mol. The minimum Gasteiger partial charge on any atom is -0.316 e. The van der Waals surface area contributed by atoms with Crippen molar-refractivity contribution in [2.75, 3.05) is 0 Å². The number of hydrogen-bond acceptors (Lipinski definition) is 3. The molecule has 2 aromatic rings. The summed E-state index contributed by atoms with van der Waals surface area (Å²) in [6.07, 6.45) is 0. The number of rotatable bonds is 1. The lowest BCUT2D eigenvalue weighted by Gasteiger charge is -2.09. The zero-order chi connectivity index (χ0) is 12.0. The molecule has 86 valence electrons. The number of aryl methyl sites for hydroxylation is 1. The molecule has 0 fully saturated rings. The van der Waals surface area contributed by atoms with Crippen molar-refractivity contribution < 1.29 is 0 Å². The number of nitrogens with one attached hydrogen (secondary N) is 1. The lowest BCUT2D eigenvalue weighted by molar-refractivity contribution is 0.580. The van der Waals surface area contributed by atoms with E-state index in [1.807, 2.05) is 13.8 Å². The molecular formula is C9H11BrN4O2. The third kappa shape index (κ3) is 1.42. The van der Waals surface area contributed by atoms with E-state index in [4.69, 9.17) is 0 Å². The van der Waals surface area contributed by atoms with Gasteiger partial charge in [0.05, 0.1) is 0 Å². The molecule has 0 aliphatic rings. The monoisotopic (exact) mass is 286 g/mol. The predicted molar refractivity (Wildman–Crippen MR) is 63.7 cm³/mol. The Bertz CT molecular complexity index is 664. The van der Waals surface area contributed by atoms with Gasteiger partial charge >= 0.3 is 5.69 Å². The highest BCUT2D eigenvalue weighted by molar-refractivity contribution is 9.10. The van der Waals surface area contributed by atoms with Crippen LogP contribution in [0, 0.1) is 0 Å². The van der Waals surface area contributed by atoms with Crippen LogP contribution >= 0.6 is 15.9 Å². The van der Waals surface area contributed by atoms with Crippen molar-refractivity contribution in [2.24, 2.45) is 7.05 Å². The SMILES string of the molecule is CC(C)n1c(=O)[nH]c(=O)c2c1nc(Br)n2C. The summed E-state index contributed by atoms with van der Waals surface area (Å²) in [4.78, 5) is 29.8. The summed E-state index contributed by atoms with van der Waals surface area (Å²) in [6.45, 7) is 3.73. The summed E-state index contributed by atoms with van der Waals surface area (Å²) in [7, 11) is 1.71. The summed E-state index contributed by atoms with van der Waals surface area (Å²) in [5, 5.41) is 0. The van der Waals surface area contributed by atoms with Crippen LogP contribution < -0.4 is 11.2 Å². The summed E-state index contributed by atoms with van der Waals surface area (Å²) in [6, 6.07) is -0.0614. The smallest absolute Gasteiger partial charge is 0.316 e. The quantitative estimate of drug-likeness (QED) is 0.787. The number of imidazole rings is 1. The Kier molecular flexibility index (Phi) is 2.49. The van der Waals surface area contributed by atoms with Crippen LogP contribution in [0.3, 0.4) is 0 Å². The van der Waals surface area contributed by atoms with Gasteiger partial charge in [-0.3, -0.25) is 14.3 Å². The minimum atomic E-state index is -0.432. The van der Waals surface area contributed by atoms with Gasteiger partial charge in [-0.25, -0.2) is 9.78 Å². The molecule has 1 N–H and O–H groups in total. The van der Waals surface area contributed by atoms with Gasteiger partial charge in [-0.05, 0) is 29.8 Å². The first-order valence-corrected chi connectivity index (χ1v) is 5.59. The molecule has 7 heteroatoms. The summed E-state index contributed by atoms with van der Waals surface area (Å²) >= 11 is 3.23. The molecule has 0 aliphatic heterocycles. The van der Waals surface area contributed by atoms with E-state index in [-0.39, 0.29) is 6.04 Å². The van der Waals surface area contributed by atoms with Crippen molar-refractivity contribution in [3.8, 4) is 0 Å². The largest absolute Gasteiger partial charge is 0.330 e. The molecule has 0 radical (unpaired) electrons. The third-order valence-corrected chi connectivity index (χ3v) is 3.13. The predicted octanol–water partition coefficient (Wildman–Crippen LogP) is 0.767. The maximum absolute atomic E-state index is 11.7. The van der Waals surface area contributed by atoms with Crippen molar-refractivity contribution >= 4 is 27.1 Å². The van der Waals surface area contributed by atoms with Gasteiger partial charge < -0.3 is 4.57 Å². The molecule has 0 unspecified atom stereocenters. The van der Waals surface area contributed by atoms with E-state index in [0.717, 1.165) is 0 Å². The molecule has 2 rings (SSSR count). The molecule has 16 heavy (non-hydrogen) atoms. The van der Waals surface area contributed by atoms with Gasteiger partial charge in [0.25, 0.3) is 5.56 Å². The second-order valence-corrected chi connectivity index (χ2v) is 4.54. The van der Waals surface area contributed by atoms with Gasteiger partial charge in [0.2, 0.25) is 0 Å². The highest BCUT2D eigenvalue weighted by atomic mass is 79.9. The average Bonchev–Trinajstić information content (AvgIpc) is 2.42. The maximum Gasteiger partial charge on any atom is 0.330 e. The average molecular weight is 287 g/mol. The summed E-state index contributed by atoms with van der Waals surface area (Å²) in [5.74, 6) is 0. The second kappa shape index (κ2) is 3.58. The molecule has 0 spiro atoms. The van der Waals surface area contributed by atoms with Crippen LogP contribution in [0.15, 0.2) is 14.3 Å². The fraction of sp³-hybridized carbons (Fsp3) is 0.444. The standard InChI is InChI=1S/C9H11BrN4O2/c1-4(2)14-6-5(7(15)12-9(14)16)13(3)8(10)11-6/h4H,1-3H3,(H,12,15,16). The van der Waals surface area contributed by atoms with E-state index >= 15 is 0 Å². The zero-order valence-corrected chi connectivity index (χ0v) is 10.7. The Balaban J connectivity index is 3.08.